The van der Waals surface area contributed by atoms with Gasteiger partial charge in [0, 0.05) is 18.8 Å². The van der Waals surface area contributed by atoms with Crippen LogP contribution >= 0.6 is 0 Å². The van der Waals surface area contributed by atoms with Crippen molar-refractivity contribution in [3.63, 3.8) is 0 Å². The molecule has 23 heavy (non-hydrogen) atoms. The molecule has 1 N–H and O–H groups in total. The zero-order valence-electron chi connectivity index (χ0n) is 13.9. The first-order chi connectivity index (χ1) is 11.0. The summed E-state index contributed by atoms with van der Waals surface area (Å²) in [5, 5.41) is 2.96. The summed E-state index contributed by atoms with van der Waals surface area (Å²) in [7, 11) is 0. The van der Waals surface area contributed by atoms with Gasteiger partial charge in [-0.1, -0.05) is 17.7 Å². The Kier molecular flexibility index (Phi) is 4.28. The fourth-order valence-electron chi connectivity index (χ4n) is 3.10. The summed E-state index contributed by atoms with van der Waals surface area (Å²) >= 11 is 0. The second-order valence-electron chi connectivity index (χ2n) is 6.18. The van der Waals surface area contributed by atoms with Gasteiger partial charge in [0.05, 0.1) is 12.4 Å². The van der Waals surface area contributed by atoms with Crippen molar-refractivity contribution in [2.24, 2.45) is 0 Å². The fourth-order valence-corrected chi connectivity index (χ4v) is 3.10. The highest BCUT2D eigenvalue weighted by Crippen LogP contribution is 2.22. The molecular formula is C18H22N4O. The summed E-state index contributed by atoms with van der Waals surface area (Å²) < 4.78 is 0. The van der Waals surface area contributed by atoms with E-state index in [0.717, 1.165) is 35.7 Å². The summed E-state index contributed by atoms with van der Waals surface area (Å²) in [5.41, 5.74) is 4.49. The van der Waals surface area contributed by atoms with E-state index in [9.17, 15) is 4.79 Å². The maximum Gasteiger partial charge on any atom is 0.275 e. The predicted molar refractivity (Wildman–Crippen MR) is 92.1 cm³/mol. The number of carbonyl (C=O) groups excluding carboxylic acids is 1. The molecule has 1 aromatic heterocycles. The number of carbonyl (C=O) groups is 1. The van der Waals surface area contributed by atoms with Crippen molar-refractivity contribution < 1.29 is 4.79 Å². The highest BCUT2D eigenvalue weighted by Gasteiger charge is 2.16. The number of rotatable bonds is 3. The zero-order chi connectivity index (χ0) is 16.4. The van der Waals surface area contributed by atoms with Crippen molar-refractivity contribution in [3.8, 4) is 0 Å². The third-order valence-corrected chi connectivity index (χ3v) is 4.22. The summed E-state index contributed by atoms with van der Waals surface area (Å²) in [6, 6.07) is 4.12. The van der Waals surface area contributed by atoms with Crippen molar-refractivity contribution in [1.82, 2.24) is 9.97 Å². The Morgan fingerprint density at radius 2 is 1.70 bits per heavy atom. The van der Waals surface area contributed by atoms with Crippen LogP contribution in [0.2, 0.25) is 0 Å². The molecule has 120 valence electrons. The van der Waals surface area contributed by atoms with Gasteiger partial charge < -0.3 is 10.2 Å². The first-order valence-electron chi connectivity index (χ1n) is 8.01. The fraction of sp³-hybridized carbons (Fsp3) is 0.389. The van der Waals surface area contributed by atoms with Crippen LogP contribution in [0.5, 0.6) is 0 Å². The van der Waals surface area contributed by atoms with Crippen molar-refractivity contribution in [3.05, 3.63) is 46.9 Å². The molecule has 2 heterocycles. The molecule has 0 aliphatic carbocycles. The van der Waals surface area contributed by atoms with Crippen LogP contribution in [0.1, 0.15) is 40.0 Å². The van der Waals surface area contributed by atoms with Crippen LogP contribution in [0.15, 0.2) is 24.5 Å². The van der Waals surface area contributed by atoms with Crippen LogP contribution in [0, 0.1) is 20.8 Å². The van der Waals surface area contributed by atoms with E-state index in [4.69, 9.17) is 0 Å². The van der Waals surface area contributed by atoms with Gasteiger partial charge in [0.1, 0.15) is 11.5 Å². The average molecular weight is 310 g/mol. The Hall–Kier alpha value is -2.43. The molecule has 0 unspecified atom stereocenters. The molecule has 0 radical (unpaired) electrons. The van der Waals surface area contributed by atoms with Crippen LogP contribution in [-0.4, -0.2) is 29.0 Å². The predicted octanol–water partition coefficient (Wildman–Crippen LogP) is 3.25. The SMILES string of the molecule is Cc1cc(C)c(NC(=O)c2cnc(N3CCCC3)cn2)c(C)c1. The molecule has 1 amide bonds. The van der Waals surface area contributed by atoms with Gasteiger partial charge in [0.2, 0.25) is 0 Å². The van der Waals surface area contributed by atoms with E-state index < -0.39 is 0 Å². The van der Waals surface area contributed by atoms with E-state index in [0.29, 0.717) is 5.69 Å². The Balaban J connectivity index is 1.76. The van der Waals surface area contributed by atoms with Crippen LogP contribution in [-0.2, 0) is 0 Å². The molecule has 5 nitrogen and oxygen atoms in total. The highest BCUT2D eigenvalue weighted by molar-refractivity contribution is 6.03. The number of hydrogen-bond donors (Lipinski definition) is 1. The van der Waals surface area contributed by atoms with Gasteiger partial charge in [-0.3, -0.25) is 4.79 Å². The standard InChI is InChI=1S/C18H22N4O/c1-12-8-13(2)17(14(3)9-12)21-18(23)15-10-20-16(11-19-15)22-6-4-5-7-22/h8-11H,4-7H2,1-3H3,(H,21,23). The molecule has 2 aromatic rings. The van der Waals surface area contributed by atoms with Crippen LogP contribution in [0.3, 0.4) is 0 Å². The van der Waals surface area contributed by atoms with Gasteiger partial charge in [0.25, 0.3) is 5.91 Å². The Labute approximate surface area is 136 Å². The van der Waals surface area contributed by atoms with Crippen LogP contribution < -0.4 is 10.2 Å². The largest absolute Gasteiger partial charge is 0.355 e. The number of hydrogen-bond acceptors (Lipinski definition) is 4. The van der Waals surface area contributed by atoms with E-state index in [2.05, 4.69) is 32.3 Å². The third-order valence-electron chi connectivity index (χ3n) is 4.22. The normalized spacial score (nSPS) is 14.1. The summed E-state index contributed by atoms with van der Waals surface area (Å²) in [6.45, 7) is 8.08. The van der Waals surface area contributed by atoms with Crippen molar-refractivity contribution >= 4 is 17.4 Å². The third kappa shape index (κ3) is 3.33. The molecule has 1 aliphatic rings. The molecule has 0 atom stereocenters. The first-order valence-corrected chi connectivity index (χ1v) is 8.01. The van der Waals surface area contributed by atoms with E-state index in [1.807, 2.05) is 20.8 Å². The molecule has 0 bridgehead atoms. The molecule has 3 rings (SSSR count). The number of anilines is 2. The lowest BCUT2D eigenvalue weighted by atomic mass is 10.1. The molecule has 1 aromatic carbocycles. The number of aromatic nitrogens is 2. The lowest BCUT2D eigenvalue weighted by molar-refractivity contribution is 0.102. The summed E-state index contributed by atoms with van der Waals surface area (Å²) in [5.74, 6) is 0.627. The van der Waals surface area contributed by atoms with Crippen molar-refractivity contribution in [2.45, 2.75) is 33.6 Å². The number of nitrogens with zero attached hydrogens (tertiary/aromatic N) is 3. The smallest absolute Gasteiger partial charge is 0.275 e. The Morgan fingerprint density at radius 3 is 2.26 bits per heavy atom. The number of aryl methyl sites for hydroxylation is 3. The van der Waals surface area contributed by atoms with Gasteiger partial charge in [-0.05, 0) is 44.7 Å². The van der Waals surface area contributed by atoms with E-state index in [1.54, 1.807) is 12.4 Å². The Bertz CT molecular complexity index is 695. The molecule has 0 spiro atoms. The maximum atomic E-state index is 12.4. The topological polar surface area (TPSA) is 58.1 Å². The minimum atomic E-state index is -0.222. The molecule has 5 heteroatoms. The van der Waals surface area contributed by atoms with Gasteiger partial charge in [-0.15, -0.1) is 0 Å². The summed E-state index contributed by atoms with van der Waals surface area (Å²) in [6.07, 6.45) is 5.63. The molecular weight excluding hydrogens is 288 g/mol. The minimum Gasteiger partial charge on any atom is -0.355 e. The molecule has 1 saturated heterocycles. The van der Waals surface area contributed by atoms with Crippen LogP contribution in [0.4, 0.5) is 11.5 Å². The highest BCUT2D eigenvalue weighted by atomic mass is 16.1. The quantitative estimate of drug-likeness (QED) is 0.945. The minimum absolute atomic E-state index is 0.222. The molecule has 0 saturated carbocycles. The zero-order valence-corrected chi connectivity index (χ0v) is 13.9. The molecule has 1 fully saturated rings. The second kappa shape index (κ2) is 6.36. The lowest BCUT2D eigenvalue weighted by Crippen LogP contribution is -2.21. The average Bonchev–Trinajstić information content (AvgIpc) is 3.05. The van der Waals surface area contributed by atoms with E-state index >= 15 is 0 Å². The Morgan fingerprint density at radius 1 is 1.04 bits per heavy atom. The number of benzene rings is 1. The number of nitrogens with one attached hydrogen (secondary N) is 1. The lowest BCUT2D eigenvalue weighted by Gasteiger charge is -2.16. The van der Waals surface area contributed by atoms with E-state index in [1.165, 1.54) is 18.4 Å². The second-order valence-corrected chi connectivity index (χ2v) is 6.18. The van der Waals surface area contributed by atoms with Gasteiger partial charge in [-0.2, -0.15) is 0 Å². The molecule has 1 aliphatic heterocycles. The van der Waals surface area contributed by atoms with Crippen molar-refractivity contribution in [1.29, 1.82) is 0 Å². The van der Waals surface area contributed by atoms with Gasteiger partial charge in [0.15, 0.2) is 0 Å². The van der Waals surface area contributed by atoms with Crippen molar-refractivity contribution in [2.75, 3.05) is 23.3 Å². The van der Waals surface area contributed by atoms with Gasteiger partial charge >= 0.3 is 0 Å². The monoisotopic (exact) mass is 310 g/mol. The maximum absolute atomic E-state index is 12.4. The van der Waals surface area contributed by atoms with Crippen LogP contribution in [0.25, 0.3) is 0 Å². The van der Waals surface area contributed by atoms with Gasteiger partial charge in [-0.25, -0.2) is 9.97 Å². The summed E-state index contributed by atoms with van der Waals surface area (Å²) in [4.78, 5) is 23.3. The number of amides is 1. The van der Waals surface area contributed by atoms with E-state index in [-0.39, 0.29) is 5.91 Å². The first kappa shape index (κ1) is 15.5.